The second-order valence-corrected chi connectivity index (χ2v) is 5.07. The molecule has 0 saturated carbocycles. The van der Waals surface area contributed by atoms with Crippen LogP contribution in [0.1, 0.15) is 12.0 Å². The normalized spacial score (nSPS) is 20.6. The lowest BCUT2D eigenvalue weighted by Crippen LogP contribution is -2.44. The smallest absolute Gasteiger partial charge is 0.326 e. The molecule has 2 atom stereocenters. The molecule has 1 aliphatic rings. The molecule has 0 bridgehead atoms. The molecule has 0 aliphatic carbocycles. The average molecular weight is 283 g/mol. The van der Waals surface area contributed by atoms with Crippen molar-refractivity contribution in [3.05, 3.63) is 34.9 Å². The van der Waals surface area contributed by atoms with Gasteiger partial charge < -0.3 is 15.7 Å². The quantitative estimate of drug-likeness (QED) is 0.859. The van der Waals surface area contributed by atoms with Crippen molar-refractivity contribution < 1.29 is 14.7 Å². The van der Waals surface area contributed by atoms with Gasteiger partial charge in [-0.15, -0.1) is 0 Å². The van der Waals surface area contributed by atoms with Crippen LogP contribution < -0.4 is 5.73 Å². The predicted molar refractivity (Wildman–Crippen MR) is 70.9 cm³/mol. The number of aliphatic carboxylic acids is 1. The molecule has 3 N–H and O–H groups in total. The number of hydrogen-bond acceptors (Lipinski definition) is 3. The average Bonchev–Trinajstić information content (AvgIpc) is 2.67. The Morgan fingerprint density at radius 1 is 1.53 bits per heavy atom. The Kier molecular flexibility index (Phi) is 4.07. The van der Waals surface area contributed by atoms with E-state index < -0.39 is 12.0 Å². The fraction of sp³-hybridized carbons (Fsp3) is 0.385. The Labute approximate surface area is 116 Å². The Balaban J connectivity index is 2.20. The molecule has 102 valence electrons. The summed E-state index contributed by atoms with van der Waals surface area (Å²) in [5.41, 5.74) is 6.41. The maximum atomic E-state index is 11.8. The molecule has 1 aromatic rings. The number of amides is 1. The van der Waals surface area contributed by atoms with E-state index in [1.807, 2.05) is 0 Å². The minimum Gasteiger partial charge on any atom is -0.480 e. The number of benzene rings is 1. The number of nitrogens with two attached hydrogens (primary N) is 1. The van der Waals surface area contributed by atoms with Gasteiger partial charge in [-0.25, -0.2) is 4.79 Å². The van der Waals surface area contributed by atoms with Crippen LogP contribution in [0, 0.1) is 0 Å². The van der Waals surface area contributed by atoms with Gasteiger partial charge in [0.25, 0.3) is 0 Å². The van der Waals surface area contributed by atoms with Crippen molar-refractivity contribution >= 4 is 23.5 Å². The third-order valence-corrected chi connectivity index (χ3v) is 3.59. The molecule has 19 heavy (non-hydrogen) atoms. The number of carboxylic acid groups (broad SMARTS) is 1. The second-order valence-electron chi connectivity index (χ2n) is 4.66. The molecule has 0 aromatic heterocycles. The molecule has 0 radical (unpaired) electrons. The third kappa shape index (κ3) is 3.05. The Morgan fingerprint density at radius 2 is 2.21 bits per heavy atom. The molecular formula is C13H15ClN2O3. The van der Waals surface area contributed by atoms with Crippen molar-refractivity contribution in [2.24, 2.45) is 5.73 Å². The summed E-state index contributed by atoms with van der Waals surface area (Å²) in [5, 5.41) is 9.82. The number of carboxylic acids is 1. The predicted octanol–water partition coefficient (Wildman–Crippen LogP) is 0.895. The minimum absolute atomic E-state index is 0.188. The molecule has 1 aliphatic heterocycles. The summed E-state index contributed by atoms with van der Waals surface area (Å²) in [7, 11) is 0. The van der Waals surface area contributed by atoms with Crippen LogP contribution in [0.4, 0.5) is 0 Å². The third-order valence-electron chi connectivity index (χ3n) is 3.22. The lowest BCUT2D eigenvalue weighted by molar-refractivity contribution is -0.148. The van der Waals surface area contributed by atoms with E-state index in [2.05, 4.69) is 0 Å². The zero-order chi connectivity index (χ0) is 14.0. The first kappa shape index (κ1) is 13.8. The molecule has 1 heterocycles. The highest BCUT2D eigenvalue weighted by molar-refractivity contribution is 6.31. The molecule has 1 aromatic carbocycles. The number of hydrogen-bond donors (Lipinski definition) is 2. The van der Waals surface area contributed by atoms with Crippen LogP contribution in [0.15, 0.2) is 24.3 Å². The van der Waals surface area contributed by atoms with Gasteiger partial charge in [0.2, 0.25) is 5.91 Å². The number of likely N-dealkylation sites (tertiary alicyclic amines) is 1. The number of carbonyl (C=O) groups is 2. The van der Waals surface area contributed by atoms with E-state index in [0.29, 0.717) is 10.6 Å². The first-order chi connectivity index (χ1) is 8.99. The first-order valence-electron chi connectivity index (χ1n) is 6.00. The molecule has 5 nitrogen and oxygen atoms in total. The van der Waals surface area contributed by atoms with E-state index in [1.165, 1.54) is 4.90 Å². The summed E-state index contributed by atoms with van der Waals surface area (Å²) in [4.78, 5) is 24.5. The van der Waals surface area contributed by atoms with Gasteiger partial charge in [0, 0.05) is 30.5 Å². The summed E-state index contributed by atoms with van der Waals surface area (Å²) < 4.78 is 0. The van der Waals surface area contributed by atoms with E-state index >= 15 is 0 Å². The van der Waals surface area contributed by atoms with E-state index in [0.717, 1.165) is 0 Å². The van der Waals surface area contributed by atoms with Gasteiger partial charge in [0.15, 0.2) is 0 Å². The number of carbonyl (C=O) groups excluding carboxylic acids is 1. The van der Waals surface area contributed by atoms with Crippen LogP contribution >= 0.6 is 11.6 Å². The molecule has 1 unspecified atom stereocenters. The van der Waals surface area contributed by atoms with Crippen LogP contribution in [0.5, 0.6) is 0 Å². The number of nitrogens with zero attached hydrogens (tertiary/aromatic N) is 1. The lowest BCUT2D eigenvalue weighted by Gasteiger charge is -2.24. The van der Waals surface area contributed by atoms with Gasteiger partial charge >= 0.3 is 5.97 Å². The van der Waals surface area contributed by atoms with Crippen molar-refractivity contribution in [2.75, 3.05) is 6.54 Å². The van der Waals surface area contributed by atoms with Crippen molar-refractivity contribution in [1.29, 1.82) is 0 Å². The highest BCUT2D eigenvalue weighted by Crippen LogP contribution is 2.21. The minimum atomic E-state index is -1.04. The topological polar surface area (TPSA) is 83.6 Å². The van der Waals surface area contributed by atoms with Crippen molar-refractivity contribution in [3.8, 4) is 0 Å². The fourth-order valence-electron chi connectivity index (χ4n) is 2.26. The Morgan fingerprint density at radius 3 is 2.74 bits per heavy atom. The van der Waals surface area contributed by atoms with Gasteiger partial charge in [0.05, 0.1) is 0 Å². The van der Waals surface area contributed by atoms with Gasteiger partial charge in [-0.2, -0.15) is 0 Å². The summed E-state index contributed by atoms with van der Waals surface area (Å²) in [5.74, 6) is -1.26. The van der Waals surface area contributed by atoms with Gasteiger partial charge in [-0.3, -0.25) is 4.79 Å². The van der Waals surface area contributed by atoms with Crippen LogP contribution in [0.25, 0.3) is 0 Å². The number of halogens is 1. The summed E-state index contributed by atoms with van der Waals surface area (Å²) >= 11 is 6.02. The largest absolute Gasteiger partial charge is 0.480 e. The second kappa shape index (κ2) is 5.59. The van der Waals surface area contributed by atoms with E-state index in [-0.39, 0.29) is 31.3 Å². The molecule has 1 amide bonds. The highest BCUT2D eigenvalue weighted by atomic mass is 35.5. The van der Waals surface area contributed by atoms with Crippen LogP contribution in [0.3, 0.4) is 0 Å². The molecule has 6 heteroatoms. The molecule has 1 saturated heterocycles. The molecule has 1 fully saturated rings. The van der Waals surface area contributed by atoms with Crippen LogP contribution in [-0.2, 0) is 16.0 Å². The van der Waals surface area contributed by atoms with Gasteiger partial charge in [-0.1, -0.05) is 29.8 Å². The molecular weight excluding hydrogens is 268 g/mol. The van der Waals surface area contributed by atoms with E-state index in [9.17, 15) is 14.7 Å². The van der Waals surface area contributed by atoms with Crippen LogP contribution in [-0.4, -0.2) is 40.5 Å². The van der Waals surface area contributed by atoms with Crippen LogP contribution in [0.2, 0.25) is 5.02 Å². The monoisotopic (exact) mass is 282 g/mol. The fourth-order valence-corrected chi connectivity index (χ4v) is 2.48. The molecule has 2 rings (SSSR count). The summed E-state index contributed by atoms with van der Waals surface area (Å²) in [6.45, 7) is 0.278. The maximum Gasteiger partial charge on any atom is 0.326 e. The van der Waals surface area contributed by atoms with Crippen molar-refractivity contribution in [3.63, 3.8) is 0 Å². The SMILES string of the molecule is NC1CC(=O)N([C@@H](Cc2ccccc2Cl)C(=O)O)C1. The first-order valence-corrected chi connectivity index (χ1v) is 6.38. The van der Waals surface area contributed by atoms with Gasteiger partial charge in [0.1, 0.15) is 6.04 Å². The zero-order valence-electron chi connectivity index (χ0n) is 10.3. The van der Waals surface area contributed by atoms with Crippen molar-refractivity contribution in [1.82, 2.24) is 4.90 Å². The maximum absolute atomic E-state index is 11.8. The lowest BCUT2D eigenvalue weighted by atomic mass is 10.0. The van der Waals surface area contributed by atoms with E-state index in [1.54, 1.807) is 24.3 Å². The summed E-state index contributed by atoms with van der Waals surface area (Å²) in [6.07, 6.45) is 0.389. The standard InChI is InChI=1S/C13H15ClN2O3/c14-10-4-2-1-3-8(10)5-11(13(18)19)16-7-9(15)6-12(16)17/h1-4,9,11H,5-7,15H2,(H,18,19)/t9?,11-/m0/s1. The Bertz CT molecular complexity index is 506. The van der Waals surface area contributed by atoms with Crippen molar-refractivity contribution in [2.45, 2.75) is 24.9 Å². The molecule has 0 spiro atoms. The van der Waals surface area contributed by atoms with Gasteiger partial charge in [-0.05, 0) is 11.6 Å². The summed E-state index contributed by atoms with van der Waals surface area (Å²) in [6, 6.07) is 5.82. The Hall–Kier alpha value is -1.59. The zero-order valence-corrected chi connectivity index (χ0v) is 11.0. The highest BCUT2D eigenvalue weighted by Gasteiger charge is 2.36. The van der Waals surface area contributed by atoms with E-state index in [4.69, 9.17) is 17.3 Å². The number of rotatable bonds is 4.